The van der Waals surface area contributed by atoms with Crippen LogP contribution in [-0.2, 0) is 12.8 Å². The van der Waals surface area contributed by atoms with Gasteiger partial charge in [0.25, 0.3) is 0 Å². The average Bonchev–Trinajstić information content (AvgIpc) is 3.10. The number of rotatable bonds is 3. The van der Waals surface area contributed by atoms with E-state index in [0.717, 1.165) is 19.3 Å². The molecule has 0 saturated carbocycles. The molecule has 0 aliphatic heterocycles. The monoisotopic (exact) mass is 322 g/mol. The smallest absolute Gasteiger partial charge is 0.0954 e. The first-order valence-electron chi connectivity index (χ1n) is 8.09. The molecule has 2 nitrogen and oxygen atoms in total. The summed E-state index contributed by atoms with van der Waals surface area (Å²) in [5.41, 5.74) is 5.43. The lowest BCUT2D eigenvalue weighted by molar-refractivity contribution is 0.663. The number of benzene rings is 2. The lowest BCUT2D eigenvalue weighted by Gasteiger charge is -2.24. The minimum Gasteiger partial charge on any atom is -0.326 e. The van der Waals surface area contributed by atoms with Gasteiger partial charge in [-0.25, -0.2) is 4.98 Å². The first kappa shape index (κ1) is 14.5. The maximum atomic E-state index is 6.31. The predicted molar refractivity (Wildman–Crippen MR) is 94.0 cm³/mol. The van der Waals surface area contributed by atoms with Gasteiger partial charge in [-0.05, 0) is 41.5 Å². The Hall–Kier alpha value is -2.06. The van der Waals surface area contributed by atoms with Crippen molar-refractivity contribution in [1.82, 2.24) is 9.55 Å². The fourth-order valence-electron chi connectivity index (χ4n) is 3.49. The highest BCUT2D eigenvalue weighted by atomic mass is 35.5. The van der Waals surface area contributed by atoms with Crippen LogP contribution in [0.2, 0.25) is 0 Å². The van der Waals surface area contributed by atoms with E-state index in [-0.39, 0.29) is 11.4 Å². The van der Waals surface area contributed by atoms with Crippen molar-refractivity contribution in [2.24, 2.45) is 0 Å². The Kier molecular flexibility index (Phi) is 3.92. The van der Waals surface area contributed by atoms with Gasteiger partial charge >= 0.3 is 0 Å². The van der Waals surface area contributed by atoms with Crippen LogP contribution in [0.3, 0.4) is 0 Å². The van der Waals surface area contributed by atoms with E-state index >= 15 is 0 Å². The Morgan fingerprint density at radius 3 is 2.70 bits per heavy atom. The van der Waals surface area contributed by atoms with E-state index in [1.54, 1.807) is 0 Å². The van der Waals surface area contributed by atoms with E-state index in [4.69, 9.17) is 11.6 Å². The summed E-state index contributed by atoms with van der Waals surface area (Å²) < 4.78 is 2.17. The molecule has 1 aliphatic carbocycles. The van der Waals surface area contributed by atoms with E-state index in [9.17, 15) is 0 Å². The van der Waals surface area contributed by atoms with Gasteiger partial charge in [0.05, 0.1) is 12.4 Å². The predicted octanol–water partition coefficient (Wildman–Crippen LogP) is 4.62. The molecule has 0 saturated heterocycles. The van der Waals surface area contributed by atoms with Gasteiger partial charge in [-0.2, -0.15) is 0 Å². The molecule has 3 aromatic rings. The minimum atomic E-state index is 0.165. The molecular formula is C20H19ClN2. The maximum absolute atomic E-state index is 6.31. The summed E-state index contributed by atoms with van der Waals surface area (Å²) in [7, 11) is 0. The largest absolute Gasteiger partial charge is 0.326 e. The van der Waals surface area contributed by atoms with Gasteiger partial charge in [-0.3, -0.25) is 0 Å². The fraction of sp³-hybridized carbons (Fsp3) is 0.250. The third-order valence-electron chi connectivity index (χ3n) is 4.65. The molecule has 2 aromatic carbocycles. The Balaban J connectivity index is 1.78. The molecule has 3 heteroatoms. The second-order valence-electron chi connectivity index (χ2n) is 6.19. The second kappa shape index (κ2) is 6.21. The van der Waals surface area contributed by atoms with Crippen LogP contribution in [-0.4, -0.2) is 14.9 Å². The molecule has 0 radical (unpaired) electrons. The summed E-state index contributed by atoms with van der Waals surface area (Å²) >= 11 is 6.31. The van der Waals surface area contributed by atoms with Gasteiger partial charge in [-0.15, -0.1) is 11.6 Å². The van der Waals surface area contributed by atoms with Gasteiger partial charge < -0.3 is 4.57 Å². The zero-order chi connectivity index (χ0) is 15.6. The van der Waals surface area contributed by atoms with Crippen LogP contribution in [0, 0.1) is 0 Å². The zero-order valence-corrected chi connectivity index (χ0v) is 13.7. The SMILES string of the molecule is ClC1CCc2cc(C(c3ccccc3)n3ccnc3)ccc2C1. The van der Waals surface area contributed by atoms with Crippen molar-refractivity contribution in [3.05, 3.63) is 89.5 Å². The Morgan fingerprint density at radius 2 is 1.91 bits per heavy atom. The molecule has 1 heterocycles. The van der Waals surface area contributed by atoms with Gasteiger partial charge in [0.15, 0.2) is 0 Å². The number of aryl methyl sites for hydroxylation is 1. The molecule has 0 fully saturated rings. The molecule has 2 unspecified atom stereocenters. The van der Waals surface area contributed by atoms with Crippen LogP contribution < -0.4 is 0 Å². The second-order valence-corrected chi connectivity index (χ2v) is 6.81. The molecule has 0 amide bonds. The Labute approximate surface area is 141 Å². The number of hydrogen-bond donors (Lipinski definition) is 0. The number of fused-ring (bicyclic) bond motifs is 1. The molecule has 0 bridgehead atoms. The average molecular weight is 323 g/mol. The maximum Gasteiger partial charge on any atom is 0.0954 e. The van der Waals surface area contributed by atoms with Crippen molar-refractivity contribution in [3.8, 4) is 0 Å². The van der Waals surface area contributed by atoms with E-state index in [0.29, 0.717) is 0 Å². The summed E-state index contributed by atoms with van der Waals surface area (Å²) in [4.78, 5) is 4.24. The van der Waals surface area contributed by atoms with Crippen molar-refractivity contribution in [3.63, 3.8) is 0 Å². The number of aromatic nitrogens is 2. The molecule has 0 N–H and O–H groups in total. The number of hydrogen-bond acceptors (Lipinski definition) is 1. The van der Waals surface area contributed by atoms with Crippen LogP contribution in [0.25, 0.3) is 0 Å². The Bertz CT molecular complexity index is 781. The first-order valence-corrected chi connectivity index (χ1v) is 8.53. The van der Waals surface area contributed by atoms with Crippen LogP contribution in [0.1, 0.15) is 34.7 Å². The lowest BCUT2D eigenvalue weighted by atomic mass is 9.87. The summed E-state index contributed by atoms with van der Waals surface area (Å²) in [6.07, 6.45) is 8.89. The normalized spacial score (nSPS) is 18.4. The van der Waals surface area contributed by atoms with Crippen molar-refractivity contribution in [1.29, 1.82) is 0 Å². The Morgan fingerprint density at radius 1 is 1.04 bits per heavy atom. The molecule has 23 heavy (non-hydrogen) atoms. The highest BCUT2D eigenvalue weighted by molar-refractivity contribution is 6.20. The lowest BCUT2D eigenvalue weighted by Crippen LogP contribution is -2.16. The molecule has 1 aromatic heterocycles. The number of imidazole rings is 1. The summed E-state index contributed by atoms with van der Waals surface area (Å²) in [5, 5.41) is 0.284. The summed E-state index contributed by atoms with van der Waals surface area (Å²) in [6, 6.07) is 17.6. The number of halogens is 1. The first-order chi connectivity index (χ1) is 11.3. The number of alkyl halides is 1. The molecule has 116 valence electrons. The third kappa shape index (κ3) is 2.91. The van der Waals surface area contributed by atoms with Gasteiger partial charge in [0.2, 0.25) is 0 Å². The topological polar surface area (TPSA) is 17.8 Å². The minimum absolute atomic E-state index is 0.165. The highest BCUT2D eigenvalue weighted by Crippen LogP contribution is 2.31. The summed E-state index contributed by atoms with van der Waals surface area (Å²) in [6.45, 7) is 0. The van der Waals surface area contributed by atoms with Gasteiger partial charge in [0.1, 0.15) is 0 Å². The van der Waals surface area contributed by atoms with Crippen LogP contribution in [0.5, 0.6) is 0 Å². The van der Waals surface area contributed by atoms with E-state index < -0.39 is 0 Å². The van der Waals surface area contributed by atoms with Crippen molar-refractivity contribution < 1.29 is 0 Å². The summed E-state index contributed by atoms with van der Waals surface area (Å²) in [5.74, 6) is 0. The van der Waals surface area contributed by atoms with Gasteiger partial charge in [-0.1, -0.05) is 48.5 Å². The zero-order valence-electron chi connectivity index (χ0n) is 12.9. The third-order valence-corrected chi connectivity index (χ3v) is 5.03. The molecular weight excluding hydrogens is 304 g/mol. The van der Waals surface area contributed by atoms with Crippen molar-refractivity contribution in [2.75, 3.05) is 0 Å². The van der Waals surface area contributed by atoms with E-state index in [2.05, 4.69) is 58.1 Å². The number of nitrogens with zero attached hydrogens (tertiary/aromatic N) is 2. The molecule has 1 aliphatic rings. The molecule has 2 atom stereocenters. The van der Waals surface area contributed by atoms with E-state index in [1.165, 1.54) is 22.3 Å². The van der Waals surface area contributed by atoms with Gasteiger partial charge in [0, 0.05) is 17.8 Å². The van der Waals surface area contributed by atoms with E-state index in [1.807, 2.05) is 18.7 Å². The standard InChI is InChI=1S/C20H19ClN2/c21-19-9-8-16-12-18(7-6-17(16)13-19)20(23-11-10-22-14-23)15-4-2-1-3-5-15/h1-7,10-12,14,19-20H,8-9,13H2. The van der Waals surface area contributed by atoms with Crippen molar-refractivity contribution in [2.45, 2.75) is 30.7 Å². The molecule has 4 rings (SSSR count). The quantitative estimate of drug-likeness (QED) is 0.643. The van der Waals surface area contributed by atoms with Crippen LogP contribution in [0.15, 0.2) is 67.3 Å². The van der Waals surface area contributed by atoms with Crippen LogP contribution in [0.4, 0.5) is 0 Å². The van der Waals surface area contributed by atoms with Crippen LogP contribution >= 0.6 is 11.6 Å². The van der Waals surface area contributed by atoms with Crippen molar-refractivity contribution >= 4 is 11.6 Å². The fourth-order valence-corrected chi connectivity index (χ4v) is 3.77. The highest BCUT2D eigenvalue weighted by Gasteiger charge is 2.20. The molecule has 0 spiro atoms.